The third kappa shape index (κ3) is 4.81. The lowest BCUT2D eigenvalue weighted by atomic mass is 10.1. The number of primary sulfonamides is 1. The van der Waals surface area contributed by atoms with E-state index in [0.29, 0.717) is 18.5 Å². The number of amidine groups is 1. The van der Waals surface area contributed by atoms with Gasteiger partial charge in [-0.2, -0.15) is 0 Å². The molecule has 0 saturated heterocycles. The molecule has 11 heteroatoms. The molecule has 0 radical (unpaired) electrons. The van der Waals surface area contributed by atoms with E-state index in [1.807, 2.05) is 0 Å². The molecule has 2 aromatic rings. The molecular weight excluding hydrogens is 416 g/mol. The van der Waals surface area contributed by atoms with Crippen molar-refractivity contribution in [2.45, 2.75) is 29.2 Å². The van der Waals surface area contributed by atoms with Gasteiger partial charge in [-0.3, -0.25) is 14.5 Å². The summed E-state index contributed by atoms with van der Waals surface area (Å²) in [6.45, 7) is 1.88. The molecule has 4 N–H and O–H groups in total. The molecule has 0 unspecified atom stereocenters. The van der Waals surface area contributed by atoms with Gasteiger partial charge in [0, 0.05) is 12.1 Å². The van der Waals surface area contributed by atoms with Gasteiger partial charge >= 0.3 is 0 Å². The Kier molecular flexibility index (Phi) is 5.73. The fourth-order valence-corrected chi connectivity index (χ4v) is 4.56. The molecule has 1 amide bonds. The number of hydrogen-bond acceptors (Lipinski definition) is 6. The van der Waals surface area contributed by atoms with Crippen molar-refractivity contribution in [3.8, 4) is 0 Å². The van der Waals surface area contributed by atoms with Crippen LogP contribution in [0.2, 0.25) is 0 Å². The molecule has 1 aliphatic heterocycles. The van der Waals surface area contributed by atoms with Gasteiger partial charge < -0.3 is 5.32 Å². The van der Waals surface area contributed by atoms with E-state index in [0.717, 1.165) is 5.56 Å². The summed E-state index contributed by atoms with van der Waals surface area (Å²) in [6.07, 6.45) is 0.482. The summed E-state index contributed by atoms with van der Waals surface area (Å²) in [6, 6.07) is 11.7. The number of hydrogen-bond donors (Lipinski definition) is 3. The van der Waals surface area contributed by atoms with E-state index >= 15 is 0 Å². The summed E-state index contributed by atoms with van der Waals surface area (Å²) in [7, 11) is -7.40. The van der Waals surface area contributed by atoms with Gasteiger partial charge in [-0.25, -0.2) is 22.0 Å². The summed E-state index contributed by atoms with van der Waals surface area (Å²) in [5.74, 6) is -0.218. The summed E-state index contributed by atoms with van der Waals surface area (Å²) in [5, 5.41) is 7.78. The SMILES string of the molecule is C[C@H](N=C1NS(=O)(=O)c2ccccc21)C(=O)NCCc1ccc(S(N)(=O)=O)cc1. The van der Waals surface area contributed by atoms with Gasteiger partial charge in [0.2, 0.25) is 15.9 Å². The lowest BCUT2D eigenvalue weighted by Crippen LogP contribution is -2.35. The van der Waals surface area contributed by atoms with Crippen molar-refractivity contribution < 1.29 is 21.6 Å². The normalized spacial score (nSPS) is 17.4. The second-order valence-corrected chi connectivity index (χ2v) is 9.70. The van der Waals surface area contributed by atoms with Crippen LogP contribution in [0.15, 0.2) is 63.3 Å². The Bertz CT molecular complexity index is 1170. The molecule has 0 fully saturated rings. The zero-order chi connectivity index (χ0) is 21.2. The maximum atomic E-state index is 12.3. The number of aliphatic imine (C=N–C) groups is 1. The van der Waals surface area contributed by atoms with Gasteiger partial charge in [-0.15, -0.1) is 0 Å². The number of rotatable bonds is 6. The standard InChI is InChI=1S/C18H20N4O5S2/c1-12(21-17-15-4-2-3-5-16(15)29(26,27)22-17)18(23)20-11-10-13-6-8-14(9-7-13)28(19,24)25/h2-9,12H,10-11H2,1H3,(H,20,23)(H,21,22)(H2,19,24,25)/t12-/m0/s1. The minimum Gasteiger partial charge on any atom is -0.354 e. The van der Waals surface area contributed by atoms with E-state index in [-0.39, 0.29) is 21.5 Å². The lowest BCUT2D eigenvalue weighted by Gasteiger charge is -2.10. The molecule has 0 bridgehead atoms. The molecule has 1 aliphatic rings. The molecular formula is C18H20N4O5S2. The number of sulfonamides is 2. The highest BCUT2D eigenvalue weighted by Gasteiger charge is 2.31. The summed E-state index contributed by atoms with van der Waals surface area (Å²) < 4.78 is 49.0. The fraction of sp³-hybridized carbons (Fsp3) is 0.222. The molecule has 0 spiro atoms. The number of nitrogens with two attached hydrogens (primary N) is 1. The van der Waals surface area contributed by atoms with Crippen molar-refractivity contribution in [1.29, 1.82) is 0 Å². The van der Waals surface area contributed by atoms with E-state index < -0.39 is 26.1 Å². The van der Waals surface area contributed by atoms with Crippen LogP contribution in [0.3, 0.4) is 0 Å². The highest BCUT2D eigenvalue weighted by atomic mass is 32.2. The number of benzene rings is 2. The Hall–Kier alpha value is -2.76. The molecule has 3 rings (SSSR count). The van der Waals surface area contributed by atoms with E-state index in [4.69, 9.17) is 5.14 Å². The topological polar surface area (TPSA) is 148 Å². The number of amides is 1. The second-order valence-electron chi connectivity index (χ2n) is 6.49. The molecule has 29 heavy (non-hydrogen) atoms. The molecule has 0 saturated carbocycles. The predicted octanol–water partition coefficient (Wildman–Crippen LogP) is 0.120. The Morgan fingerprint density at radius 1 is 1.17 bits per heavy atom. The monoisotopic (exact) mass is 436 g/mol. The zero-order valence-electron chi connectivity index (χ0n) is 15.5. The Balaban J connectivity index is 1.60. The molecule has 1 atom stereocenters. The largest absolute Gasteiger partial charge is 0.354 e. The smallest absolute Gasteiger partial charge is 0.263 e. The van der Waals surface area contributed by atoms with E-state index in [2.05, 4.69) is 15.0 Å². The Morgan fingerprint density at radius 2 is 1.83 bits per heavy atom. The molecule has 9 nitrogen and oxygen atoms in total. The minimum absolute atomic E-state index is 0.0222. The molecule has 0 aliphatic carbocycles. The Morgan fingerprint density at radius 3 is 2.48 bits per heavy atom. The zero-order valence-corrected chi connectivity index (χ0v) is 17.1. The van der Waals surface area contributed by atoms with Gasteiger partial charge in [0.25, 0.3) is 10.0 Å². The summed E-state index contributed by atoms with van der Waals surface area (Å²) in [5.41, 5.74) is 1.26. The average Bonchev–Trinajstić information content (AvgIpc) is 2.92. The van der Waals surface area contributed by atoms with E-state index in [9.17, 15) is 21.6 Å². The maximum Gasteiger partial charge on any atom is 0.263 e. The number of carbonyl (C=O) groups excluding carboxylic acids is 1. The maximum absolute atomic E-state index is 12.3. The first kappa shape index (κ1) is 21.0. The van der Waals surface area contributed by atoms with Crippen LogP contribution in [-0.2, 0) is 31.3 Å². The molecule has 0 aromatic heterocycles. The van der Waals surface area contributed by atoms with Crippen LogP contribution in [0.1, 0.15) is 18.1 Å². The van der Waals surface area contributed by atoms with Crippen LogP contribution in [0.4, 0.5) is 0 Å². The van der Waals surface area contributed by atoms with Crippen LogP contribution in [-0.4, -0.2) is 41.2 Å². The second kappa shape index (κ2) is 7.93. The quantitative estimate of drug-likeness (QED) is 0.588. The first-order chi connectivity index (χ1) is 13.6. The third-order valence-electron chi connectivity index (χ3n) is 4.33. The number of carbonyl (C=O) groups is 1. The first-order valence-corrected chi connectivity index (χ1v) is 11.7. The highest BCUT2D eigenvalue weighted by Crippen LogP contribution is 2.22. The average molecular weight is 437 g/mol. The van der Waals surface area contributed by atoms with Crippen molar-refractivity contribution in [2.24, 2.45) is 10.1 Å². The van der Waals surface area contributed by atoms with Crippen LogP contribution >= 0.6 is 0 Å². The number of nitrogens with one attached hydrogen (secondary N) is 2. The Labute approximate surface area is 169 Å². The third-order valence-corrected chi connectivity index (χ3v) is 6.66. The first-order valence-electron chi connectivity index (χ1n) is 8.67. The van der Waals surface area contributed by atoms with Gasteiger partial charge in [0.1, 0.15) is 11.9 Å². The van der Waals surface area contributed by atoms with Crippen molar-refractivity contribution in [3.05, 3.63) is 59.7 Å². The van der Waals surface area contributed by atoms with Gasteiger partial charge in [0.15, 0.2) is 0 Å². The number of fused-ring (bicyclic) bond motifs is 1. The van der Waals surface area contributed by atoms with Crippen molar-refractivity contribution in [1.82, 2.24) is 10.0 Å². The van der Waals surface area contributed by atoms with Crippen molar-refractivity contribution in [2.75, 3.05) is 6.54 Å². The van der Waals surface area contributed by atoms with Crippen LogP contribution in [0, 0.1) is 0 Å². The fourth-order valence-electron chi connectivity index (χ4n) is 2.81. The molecule has 2 aromatic carbocycles. The predicted molar refractivity (Wildman–Crippen MR) is 107 cm³/mol. The van der Waals surface area contributed by atoms with Crippen molar-refractivity contribution in [3.63, 3.8) is 0 Å². The lowest BCUT2D eigenvalue weighted by molar-refractivity contribution is -0.121. The van der Waals surface area contributed by atoms with Crippen LogP contribution in [0.5, 0.6) is 0 Å². The highest BCUT2D eigenvalue weighted by molar-refractivity contribution is 7.90. The summed E-state index contributed by atoms with van der Waals surface area (Å²) >= 11 is 0. The number of nitrogens with zero attached hydrogens (tertiary/aromatic N) is 1. The van der Waals surface area contributed by atoms with Crippen LogP contribution in [0.25, 0.3) is 0 Å². The van der Waals surface area contributed by atoms with Gasteiger partial charge in [-0.05, 0) is 43.2 Å². The van der Waals surface area contributed by atoms with E-state index in [1.165, 1.54) is 18.2 Å². The molecule has 1 heterocycles. The van der Waals surface area contributed by atoms with E-state index in [1.54, 1.807) is 37.3 Å². The van der Waals surface area contributed by atoms with Gasteiger partial charge in [0.05, 0.1) is 9.79 Å². The summed E-state index contributed by atoms with van der Waals surface area (Å²) in [4.78, 5) is 16.7. The van der Waals surface area contributed by atoms with Crippen LogP contribution < -0.4 is 15.2 Å². The minimum atomic E-state index is -3.74. The van der Waals surface area contributed by atoms with Crippen molar-refractivity contribution >= 4 is 31.8 Å². The van der Waals surface area contributed by atoms with Gasteiger partial charge in [-0.1, -0.05) is 24.3 Å². The molecule has 154 valence electrons.